The summed E-state index contributed by atoms with van der Waals surface area (Å²) in [6.07, 6.45) is -4.44. The van der Waals surface area contributed by atoms with Crippen molar-refractivity contribution in [1.82, 2.24) is 9.21 Å². The van der Waals surface area contributed by atoms with E-state index in [9.17, 15) is 21.6 Å². The third-order valence-corrected chi connectivity index (χ3v) is 6.97. The van der Waals surface area contributed by atoms with Gasteiger partial charge in [0.1, 0.15) is 5.75 Å². The Morgan fingerprint density at radius 1 is 1.03 bits per heavy atom. The summed E-state index contributed by atoms with van der Waals surface area (Å²) in [4.78, 5) is 2.20. The van der Waals surface area contributed by atoms with E-state index in [4.69, 9.17) is 9.47 Å². The number of alkyl halides is 3. The Hall–Kier alpha value is -2.14. The zero-order chi connectivity index (χ0) is 22.5. The van der Waals surface area contributed by atoms with Gasteiger partial charge >= 0.3 is 6.18 Å². The molecular formula is C21H25F3N2O4S. The minimum Gasteiger partial charge on any atom is -0.497 e. The van der Waals surface area contributed by atoms with Gasteiger partial charge in [0, 0.05) is 32.7 Å². The van der Waals surface area contributed by atoms with E-state index in [-0.39, 0.29) is 18.0 Å². The maximum Gasteiger partial charge on any atom is 0.416 e. The maximum atomic E-state index is 13.3. The van der Waals surface area contributed by atoms with E-state index < -0.39 is 21.8 Å². The lowest BCUT2D eigenvalue weighted by Crippen LogP contribution is -2.42. The fourth-order valence-corrected chi connectivity index (χ4v) is 4.68. The van der Waals surface area contributed by atoms with Crippen LogP contribution in [0.5, 0.6) is 5.75 Å². The van der Waals surface area contributed by atoms with Crippen molar-refractivity contribution in [3.8, 4) is 5.75 Å². The topological polar surface area (TPSA) is 59.1 Å². The molecule has 0 N–H and O–H groups in total. The quantitative estimate of drug-likeness (QED) is 0.608. The number of ether oxygens (including phenoxy) is 2. The van der Waals surface area contributed by atoms with Gasteiger partial charge in [0.2, 0.25) is 10.0 Å². The highest BCUT2D eigenvalue weighted by molar-refractivity contribution is 7.89. The molecule has 1 saturated heterocycles. The maximum absolute atomic E-state index is 13.3. The van der Waals surface area contributed by atoms with E-state index in [0.29, 0.717) is 44.2 Å². The minimum atomic E-state index is -4.44. The van der Waals surface area contributed by atoms with Crippen molar-refractivity contribution in [3.05, 3.63) is 59.7 Å². The van der Waals surface area contributed by atoms with Gasteiger partial charge in [-0.25, -0.2) is 8.42 Å². The highest BCUT2D eigenvalue weighted by atomic mass is 32.2. The molecule has 170 valence electrons. The minimum absolute atomic E-state index is 0.0309. The van der Waals surface area contributed by atoms with E-state index in [1.807, 2.05) is 0 Å². The SMILES string of the molecule is COc1ccc(S(=O)(=O)N(CCN2CCOCC2)Cc2ccc(C(F)(F)F)cc2)cc1. The average molecular weight is 459 g/mol. The largest absolute Gasteiger partial charge is 0.497 e. The third kappa shape index (κ3) is 6.19. The van der Waals surface area contributed by atoms with Gasteiger partial charge < -0.3 is 9.47 Å². The van der Waals surface area contributed by atoms with Crippen molar-refractivity contribution in [2.45, 2.75) is 17.6 Å². The molecule has 0 unspecified atom stereocenters. The zero-order valence-corrected chi connectivity index (χ0v) is 18.0. The Kier molecular flexibility index (Phi) is 7.58. The molecule has 0 atom stereocenters. The summed E-state index contributed by atoms with van der Waals surface area (Å²) in [6.45, 7) is 3.26. The number of sulfonamides is 1. The molecule has 0 saturated carbocycles. The molecule has 0 radical (unpaired) electrons. The number of halogens is 3. The van der Waals surface area contributed by atoms with E-state index in [1.165, 1.54) is 35.7 Å². The number of methoxy groups -OCH3 is 1. The van der Waals surface area contributed by atoms with Gasteiger partial charge in [-0.3, -0.25) is 4.90 Å². The van der Waals surface area contributed by atoms with Crippen LogP contribution in [0.2, 0.25) is 0 Å². The third-order valence-electron chi connectivity index (χ3n) is 5.11. The van der Waals surface area contributed by atoms with Crippen molar-refractivity contribution < 1.29 is 31.1 Å². The number of rotatable bonds is 8. The molecule has 31 heavy (non-hydrogen) atoms. The van der Waals surface area contributed by atoms with Crippen molar-refractivity contribution in [3.63, 3.8) is 0 Å². The molecule has 2 aromatic carbocycles. The Labute approximate surface area is 180 Å². The number of hydrogen-bond acceptors (Lipinski definition) is 5. The summed E-state index contributed by atoms with van der Waals surface area (Å²) in [5, 5.41) is 0. The lowest BCUT2D eigenvalue weighted by Gasteiger charge is -2.30. The first kappa shape index (κ1) is 23.5. The summed E-state index contributed by atoms with van der Waals surface area (Å²) in [5.74, 6) is 0.529. The van der Waals surface area contributed by atoms with Crippen molar-refractivity contribution in [1.29, 1.82) is 0 Å². The van der Waals surface area contributed by atoms with Crippen LogP contribution in [-0.4, -0.2) is 64.1 Å². The normalized spacial score (nSPS) is 15.9. The number of nitrogens with zero attached hydrogens (tertiary/aromatic N) is 2. The van der Waals surface area contributed by atoms with Crippen molar-refractivity contribution in [2.24, 2.45) is 0 Å². The molecule has 0 aliphatic carbocycles. The number of benzene rings is 2. The number of hydrogen-bond donors (Lipinski definition) is 0. The Morgan fingerprint density at radius 3 is 2.19 bits per heavy atom. The summed E-state index contributed by atoms with van der Waals surface area (Å²) < 4.78 is 76.8. The van der Waals surface area contributed by atoms with E-state index in [2.05, 4.69) is 4.90 Å². The van der Waals surface area contributed by atoms with Gasteiger partial charge in [0.05, 0.1) is 30.8 Å². The van der Waals surface area contributed by atoms with Crippen molar-refractivity contribution in [2.75, 3.05) is 46.5 Å². The molecule has 1 aliphatic rings. The van der Waals surface area contributed by atoms with E-state index in [1.54, 1.807) is 12.1 Å². The van der Waals surface area contributed by atoms with Crippen LogP contribution < -0.4 is 4.74 Å². The first-order valence-electron chi connectivity index (χ1n) is 9.80. The molecule has 10 heteroatoms. The molecule has 0 amide bonds. The Bertz CT molecular complexity index is 942. The van der Waals surface area contributed by atoms with Crippen LogP contribution in [-0.2, 0) is 27.5 Å². The smallest absolute Gasteiger partial charge is 0.416 e. The van der Waals surface area contributed by atoms with Gasteiger partial charge in [-0.05, 0) is 42.0 Å². The lowest BCUT2D eigenvalue weighted by molar-refractivity contribution is -0.137. The molecule has 3 rings (SSSR count). The van der Waals surface area contributed by atoms with Crippen LogP contribution in [0.25, 0.3) is 0 Å². The lowest BCUT2D eigenvalue weighted by atomic mass is 10.1. The van der Waals surface area contributed by atoms with Gasteiger partial charge in [-0.15, -0.1) is 0 Å². The van der Waals surface area contributed by atoms with Crippen LogP contribution >= 0.6 is 0 Å². The molecule has 2 aromatic rings. The zero-order valence-electron chi connectivity index (χ0n) is 17.1. The predicted octanol–water partition coefficient (Wildman–Crippen LogP) is 3.24. The van der Waals surface area contributed by atoms with E-state index >= 15 is 0 Å². The van der Waals surface area contributed by atoms with E-state index in [0.717, 1.165) is 12.1 Å². The molecular weight excluding hydrogens is 433 g/mol. The van der Waals surface area contributed by atoms with Gasteiger partial charge in [-0.2, -0.15) is 17.5 Å². The highest BCUT2D eigenvalue weighted by Gasteiger charge is 2.30. The standard InChI is InChI=1S/C21H25F3N2O4S/c1-29-19-6-8-20(9-7-19)31(27,28)26(11-10-25-12-14-30-15-13-25)16-17-2-4-18(5-3-17)21(22,23)24/h2-9H,10-16H2,1H3. The second kappa shape index (κ2) is 9.99. The van der Waals surface area contributed by atoms with Crippen LogP contribution in [0, 0.1) is 0 Å². The molecule has 0 aromatic heterocycles. The van der Waals surface area contributed by atoms with Gasteiger partial charge in [0.15, 0.2) is 0 Å². The molecule has 1 heterocycles. The summed E-state index contributed by atoms with van der Waals surface area (Å²) in [6, 6.07) is 10.6. The first-order chi connectivity index (χ1) is 14.7. The van der Waals surface area contributed by atoms with Gasteiger partial charge in [0.25, 0.3) is 0 Å². The monoisotopic (exact) mass is 458 g/mol. The average Bonchev–Trinajstić information content (AvgIpc) is 2.77. The van der Waals surface area contributed by atoms with Gasteiger partial charge in [-0.1, -0.05) is 12.1 Å². The molecule has 1 fully saturated rings. The molecule has 6 nitrogen and oxygen atoms in total. The van der Waals surface area contributed by atoms with Crippen LogP contribution in [0.1, 0.15) is 11.1 Å². The fourth-order valence-electron chi connectivity index (χ4n) is 3.26. The highest BCUT2D eigenvalue weighted by Crippen LogP contribution is 2.29. The second-order valence-electron chi connectivity index (χ2n) is 7.16. The van der Waals surface area contributed by atoms with Crippen molar-refractivity contribution >= 4 is 10.0 Å². The van der Waals surface area contributed by atoms with Crippen LogP contribution in [0.3, 0.4) is 0 Å². The molecule has 0 spiro atoms. The van der Waals surface area contributed by atoms with Crippen LogP contribution in [0.15, 0.2) is 53.4 Å². The molecule has 1 aliphatic heterocycles. The molecule has 0 bridgehead atoms. The second-order valence-corrected chi connectivity index (χ2v) is 9.10. The Morgan fingerprint density at radius 2 is 1.65 bits per heavy atom. The summed E-state index contributed by atoms with van der Waals surface area (Å²) >= 11 is 0. The summed E-state index contributed by atoms with van der Waals surface area (Å²) in [5.41, 5.74) is -0.291. The summed E-state index contributed by atoms with van der Waals surface area (Å²) in [7, 11) is -2.38. The predicted molar refractivity (Wildman–Crippen MR) is 109 cm³/mol. The Balaban J connectivity index is 1.82. The number of morpholine rings is 1. The first-order valence-corrected chi connectivity index (χ1v) is 11.2. The fraction of sp³-hybridized carbons (Fsp3) is 0.429. The van der Waals surface area contributed by atoms with Crippen LogP contribution in [0.4, 0.5) is 13.2 Å².